The molecule has 1 saturated heterocycles. The quantitative estimate of drug-likeness (QED) is 0.797. The third-order valence-electron chi connectivity index (χ3n) is 4.23. The predicted molar refractivity (Wildman–Crippen MR) is 83.1 cm³/mol. The Morgan fingerprint density at radius 1 is 1.11 bits per heavy atom. The van der Waals surface area contributed by atoms with Gasteiger partial charge >= 0.3 is 0 Å². The molecule has 0 radical (unpaired) electrons. The number of nitrogens with zero attached hydrogens (tertiary/aromatic N) is 1. The van der Waals surface area contributed by atoms with Crippen LogP contribution in [0.1, 0.15) is 23.1 Å². The average molecular weight is 261 g/mol. The summed E-state index contributed by atoms with van der Waals surface area (Å²) in [6.07, 6.45) is 1.21. The number of piperazine rings is 1. The maximum absolute atomic E-state index is 3.58. The van der Waals surface area contributed by atoms with Crippen LogP contribution in [-0.4, -0.2) is 44.2 Å². The molecule has 0 aromatic heterocycles. The molecule has 1 aliphatic rings. The van der Waals surface area contributed by atoms with E-state index in [0.29, 0.717) is 0 Å². The molecule has 0 atom stereocenters. The fraction of sp³-hybridized carbons (Fsp3) is 0.625. The molecule has 106 valence electrons. The summed E-state index contributed by atoms with van der Waals surface area (Å²) in [6, 6.07) is 4.42. The summed E-state index contributed by atoms with van der Waals surface area (Å²) >= 11 is 0. The Morgan fingerprint density at radius 3 is 2.58 bits per heavy atom. The van der Waals surface area contributed by atoms with Crippen LogP contribution in [0.25, 0.3) is 0 Å². The number of benzene rings is 1. The van der Waals surface area contributed by atoms with E-state index >= 15 is 0 Å². The van der Waals surface area contributed by atoms with Crippen LogP contribution >= 0.6 is 0 Å². The molecule has 19 heavy (non-hydrogen) atoms. The van der Waals surface area contributed by atoms with Crippen LogP contribution in [0.3, 0.4) is 0 Å². The molecule has 3 nitrogen and oxygen atoms in total. The lowest BCUT2D eigenvalue weighted by molar-refractivity contribution is 0.240. The lowest BCUT2D eigenvalue weighted by Gasteiger charge is -2.27. The van der Waals surface area contributed by atoms with Gasteiger partial charge in [0, 0.05) is 38.4 Å². The zero-order valence-electron chi connectivity index (χ0n) is 12.6. The van der Waals surface area contributed by atoms with Crippen LogP contribution in [0.4, 0.5) is 5.69 Å². The second kappa shape index (κ2) is 6.92. The van der Waals surface area contributed by atoms with Crippen molar-refractivity contribution in [1.29, 1.82) is 0 Å². The fourth-order valence-electron chi connectivity index (χ4n) is 2.61. The number of hydrogen-bond acceptors (Lipinski definition) is 3. The predicted octanol–water partition coefficient (Wildman–Crippen LogP) is 2.32. The molecule has 0 saturated carbocycles. The highest BCUT2D eigenvalue weighted by atomic mass is 15.2. The van der Waals surface area contributed by atoms with E-state index in [1.165, 1.54) is 48.4 Å². The number of aryl methyl sites for hydroxylation is 1. The normalized spacial score (nSPS) is 16.6. The van der Waals surface area contributed by atoms with Gasteiger partial charge in [0.2, 0.25) is 0 Å². The van der Waals surface area contributed by atoms with E-state index in [4.69, 9.17) is 0 Å². The highest BCUT2D eigenvalue weighted by Gasteiger charge is 2.08. The number of anilines is 1. The van der Waals surface area contributed by atoms with E-state index in [1.807, 2.05) is 0 Å². The van der Waals surface area contributed by atoms with Gasteiger partial charge in [-0.25, -0.2) is 0 Å². The Kier molecular flexibility index (Phi) is 5.23. The van der Waals surface area contributed by atoms with Gasteiger partial charge < -0.3 is 15.5 Å². The van der Waals surface area contributed by atoms with Crippen LogP contribution < -0.4 is 10.6 Å². The van der Waals surface area contributed by atoms with E-state index in [0.717, 1.165) is 19.6 Å². The van der Waals surface area contributed by atoms with Gasteiger partial charge in [0.05, 0.1) is 0 Å². The second-order valence-corrected chi connectivity index (χ2v) is 5.55. The summed E-state index contributed by atoms with van der Waals surface area (Å²) in [4.78, 5) is 2.55. The molecule has 0 bridgehead atoms. The van der Waals surface area contributed by atoms with Crippen molar-refractivity contribution in [3.63, 3.8) is 0 Å². The third-order valence-corrected chi connectivity index (χ3v) is 4.23. The second-order valence-electron chi connectivity index (χ2n) is 5.55. The molecule has 0 amide bonds. The Morgan fingerprint density at radius 2 is 1.84 bits per heavy atom. The first-order valence-electron chi connectivity index (χ1n) is 7.42. The summed E-state index contributed by atoms with van der Waals surface area (Å²) in [5, 5.41) is 6.97. The van der Waals surface area contributed by atoms with Crippen LogP contribution in [-0.2, 0) is 0 Å². The van der Waals surface area contributed by atoms with E-state index in [1.54, 1.807) is 0 Å². The lowest BCUT2D eigenvalue weighted by atomic mass is 10.0. The van der Waals surface area contributed by atoms with Crippen molar-refractivity contribution < 1.29 is 0 Å². The van der Waals surface area contributed by atoms with E-state index in [-0.39, 0.29) is 0 Å². The van der Waals surface area contributed by atoms with Crippen LogP contribution in [0.5, 0.6) is 0 Å². The van der Waals surface area contributed by atoms with Crippen LogP contribution in [0.2, 0.25) is 0 Å². The van der Waals surface area contributed by atoms with Gasteiger partial charge in [-0.2, -0.15) is 0 Å². The highest BCUT2D eigenvalue weighted by molar-refractivity contribution is 5.55. The van der Waals surface area contributed by atoms with Gasteiger partial charge in [-0.15, -0.1) is 0 Å². The topological polar surface area (TPSA) is 27.3 Å². The monoisotopic (exact) mass is 261 g/mol. The Hall–Kier alpha value is -1.06. The summed E-state index contributed by atoms with van der Waals surface area (Å²) < 4.78 is 0. The van der Waals surface area contributed by atoms with Gasteiger partial charge in [-0.3, -0.25) is 0 Å². The van der Waals surface area contributed by atoms with Crippen molar-refractivity contribution in [2.75, 3.05) is 44.6 Å². The van der Waals surface area contributed by atoms with Gasteiger partial charge in [0.15, 0.2) is 0 Å². The smallest absolute Gasteiger partial charge is 0.0372 e. The molecule has 2 rings (SSSR count). The molecule has 0 spiro atoms. The van der Waals surface area contributed by atoms with E-state index in [2.05, 4.69) is 48.4 Å². The third kappa shape index (κ3) is 3.95. The largest absolute Gasteiger partial charge is 0.385 e. The summed E-state index contributed by atoms with van der Waals surface area (Å²) in [6.45, 7) is 13.5. The van der Waals surface area contributed by atoms with Crippen molar-refractivity contribution in [1.82, 2.24) is 10.2 Å². The summed E-state index contributed by atoms with van der Waals surface area (Å²) in [7, 11) is 0. The van der Waals surface area contributed by atoms with E-state index < -0.39 is 0 Å². The van der Waals surface area contributed by atoms with Crippen molar-refractivity contribution in [2.45, 2.75) is 27.2 Å². The Bertz CT molecular complexity index is 409. The molecular weight excluding hydrogens is 234 g/mol. The minimum absolute atomic E-state index is 1.06. The molecule has 1 aliphatic heterocycles. The zero-order chi connectivity index (χ0) is 13.7. The van der Waals surface area contributed by atoms with Gasteiger partial charge in [0.25, 0.3) is 0 Å². The highest BCUT2D eigenvalue weighted by Crippen LogP contribution is 2.21. The number of rotatable bonds is 5. The minimum Gasteiger partial charge on any atom is -0.385 e. The average Bonchev–Trinajstić information content (AvgIpc) is 2.44. The maximum Gasteiger partial charge on any atom is 0.0372 e. The molecule has 0 unspecified atom stereocenters. The summed E-state index contributed by atoms with van der Waals surface area (Å²) in [5.41, 5.74) is 5.47. The Labute approximate surface area is 117 Å². The standard InChI is InChI=1S/C16H27N3/c1-13-5-6-16(15(3)14(13)2)18-7-4-10-19-11-8-17-9-12-19/h5-6,17-18H,4,7-12H2,1-3H3. The van der Waals surface area contributed by atoms with Crippen molar-refractivity contribution in [3.05, 3.63) is 28.8 Å². The SMILES string of the molecule is Cc1ccc(NCCCN2CCNCC2)c(C)c1C. The molecule has 1 aromatic rings. The lowest BCUT2D eigenvalue weighted by Crippen LogP contribution is -2.44. The first-order valence-corrected chi connectivity index (χ1v) is 7.42. The van der Waals surface area contributed by atoms with Crippen molar-refractivity contribution in [3.8, 4) is 0 Å². The van der Waals surface area contributed by atoms with Crippen LogP contribution in [0.15, 0.2) is 12.1 Å². The Balaban J connectivity index is 1.75. The molecule has 2 N–H and O–H groups in total. The molecule has 1 heterocycles. The van der Waals surface area contributed by atoms with Crippen molar-refractivity contribution >= 4 is 5.69 Å². The minimum atomic E-state index is 1.06. The zero-order valence-corrected chi connectivity index (χ0v) is 12.6. The van der Waals surface area contributed by atoms with Gasteiger partial charge in [0.1, 0.15) is 0 Å². The molecular formula is C16H27N3. The molecule has 3 heteroatoms. The van der Waals surface area contributed by atoms with Crippen LogP contribution in [0, 0.1) is 20.8 Å². The first kappa shape index (κ1) is 14.4. The molecule has 1 aromatic carbocycles. The fourth-order valence-corrected chi connectivity index (χ4v) is 2.61. The number of hydrogen-bond donors (Lipinski definition) is 2. The maximum atomic E-state index is 3.58. The van der Waals surface area contributed by atoms with E-state index in [9.17, 15) is 0 Å². The van der Waals surface area contributed by atoms with Crippen molar-refractivity contribution in [2.24, 2.45) is 0 Å². The van der Waals surface area contributed by atoms with Gasteiger partial charge in [-0.1, -0.05) is 6.07 Å². The molecule has 1 fully saturated rings. The number of nitrogens with one attached hydrogen (secondary N) is 2. The first-order chi connectivity index (χ1) is 9.18. The summed E-state index contributed by atoms with van der Waals surface area (Å²) in [5.74, 6) is 0. The molecule has 0 aliphatic carbocycles. The van der Waals surface area contributed by atoms with Gasteiger partial charge in [-0.05, 0) is 56.5 Å².